The number of hydrogen-bond acceptors (Lipinski definition) is 4. The number of oxime groups is 1. The summed E-state index contributed by atoms with van der Waals surface area (Å²) in [6, 6.07) is 0. The first kappa shape index (κ1) is 11.9. The smallest absolute Gasteiger partial charge is 0.330 e. The molecule has 0 aliphatic rings. The number of esters is 1. The zero-order valence-electron chi connectivity index (χ0n) is 8.40. The van der Waals surface area contributed by atoms with E-state index in [-0.39, 0.29) is 0 Å². The van der Waals surface area contributed by atoms with Gasteiger partial charge in [-0.2, -0.15) is 0 Å². The molecule has 13 heavy (non-hydrogen) atoms. The van der Waals surface area contributed by atoms with Gasteiger partial charge >= 0.3 is 5.97 Å². The van der Waals surface area contributed by atoms with Crippen LogP contribution < -0.4 is 0 Å². The first-order chi connectivity index (χ1) is 5.95. The minimum absolute atomic E-state index is 0.403. The summed E-state index contributed by atoms with van der Waals surface area (Å²) in [6.45, 7) is 6.07. The summed E-state index contributed by atoms with van der Waals surface area (Å²) in [4.78, 5) is 10.6. The summed E-state index contributed by atoms with van der Waals surface area (Å²) in [7, 11) is -0.269. The van der Waals surface area contributed by atoms with Crippen molar-refractivity contribution in [3.8, 4) is 0 Å². The predicted octanol–water partition coefficient (Wildman–Crippen LogP) is 1.55. The Bertz CT molecular complexity index is 218. The molecule has 0 saturated heterocycles. The van der Waals surface area contributed by atoms with E-state index in [4.69, 9.17) is 4.53 Å². The number of ether oxygens (including phenoxy) is 1. The molecule has 0 amide bonds. The van der Waals surface area contributed by atoms with Gasteiger partial charge in [-0.05, 0) is 25.7 Å². The zero-order valence-corrected chi connectivity index (χ0v) is 9.40. The fourth-order valence-corrected chi connectivity index (χ4v) is 0.790. The van der Waals surface area contributed by atoms with E-state index in [1.54, 1.807) is 0 Å². The Morgan fingerprint density at radius 1 is 1.38 bits per heavy atom. The van der Waals surface area contributed by atoms with Crippen LogP contribution in [0.4, 0.5) is 0 Å². The van der Waals surface area contributed by atoms with E-state index in [1.165, 1.54) is 25.5 Å². The topological polar surface area (TPSA) is 47.9 Å². The van der Waals surface area contributed by atoms with Gasteiger partial charge in [0.2, 0.25) is 0 Å². The highest BCUT2D eigenvalue weighted by molar-refractivity contribution is 6.69. The third-order valence-corrected chi connectivity index (χ3v) is 1.56. The van der Waals surface area contributed by atoms with Gasteiger partial charge in [-0.3, -0.25) is 0 Å². The van der Waals surface area contributed by atoms with E-state index in [0.29, 0.717) is 0 Å². The van der Waals surface area contributed by atoms with Gasteiger partial charge in [-0.25, -0.2) is 4.79 Å². The Labute approximate surface area is 79.3 Å². The molecule has 0 bridgehead atoms. The summed E-state index contributed by atoms with van der Waals surface area (Å²) in [5, 5.41) is 3.69. The van der Waals surface area contributed by atoms with Crippen LogP contribution in [0, 0.1) is 0 Å². The number of methoxy groups -OCH3 is 1. The van der Waals surface area contributed by atoms with Crippen molar-refractivity contribution in [1.29, 1.82) is 0 Å². The molecule has 0 spiro atoms. The zero-order chi connectivity index (χ0) is 10.3. The Kier molecular flexibility index (Phi) is 5.06. The molecule has 0 N–H and O–H groups in total. The van der Waals surface area contributed by atoms with Crippen molar-refractivity contribution >= 4 is 20.5 Å². The molecule has 0 aliphatic carbocycles. The summed E-state index contributed by atoms with van der Waals surface area (Å²) < 4.78 is 9.53. The summed E-state index contributed by atoms with van der Waals surface area (Å²) >= 11 is 0. The van der Waals surface area contributed by atoms with Gasteiger partial charge in [0.05, 0.1) is 13.3 Å². The maximum absolute atomic E-state index is 10.6. The summed E-state index contributed by atoms with van der Waals surface area (Å²) in [5.41, 5.74) is 0. The SMILES string of the molecule is COC(=O)/C=C/C=N/O[Si](C)(C)C. The van der Waals surface area contributed by atoms with Crippen molar-refractivity contribution in [3.63, 3.8) is 0 Å². The lowest BCUT2D eigenvalue weighted by molar-refractivity contribution is -0.134. The van der Waals surface area contributed by atoms with Crippen molar-refractivity contribution in [2.24, 2.45) is 5.16 Å². The number of nitrogens with zero attached hydrogens (tertiary/aromatic N) is 1. The molecule has 4 nitrogen and oxygen atoms in total. The number of allylic oxidation sites excluding steroid dienone is 1. The molecule has 0 unspecified atom stereocenters. The highest BCUT2D eigenvalue weighted by atomic mass is 28.4. The molecule has 0 radical (unpaired) electrons. The number of carbonyl (C=O) groups is 1. The van der Waals surface area contributed by atoms with Crippen molar-refractivity contribution in [1.82, 2.24) is 0 Å². The highest BCUT2D eigenvalue weighted by Crippen LogP contribution is 2.01. The molecular formula is C8H15NO3Si. The maximum Gasteiger partial charge on any atom is 0.330 e. The van der Waals surface area contributed by atoms with E-state index in [0.717, 1.165) is 0 Å². The van der Waals surface area contributed by atoms with Gasteiger partial charge in [-0.1, -0.05) is 0 Å². The third kappa shape index (κ3) is 8.81. The first-order valence-corrected chi connectivity index (χ1v) is 7.32. The Balaban J connectivity index is 3.76. The molecule has 0 rings (SSSR count). The van der Waals surface area contributed by atoms with E-state index in [1.807, 2.05) is 19.6 Å². The fraction of sp³-hybridized carbons (Fsp3) is 0.500. The lowest BCUT2D eigenvalue weighted by Crippen LogP contribution is -2.22. The highest BCUT2D eigenvalue weighted by Gasteiger charge is 2.14. The van der Waals surface area contributed by atoms with Crippen molar-refractivity contribution in [2.75, 3.05) is 7.11 Å². The van der Waals surface area contributed by atoms with Crippen molar-refractivity contribution in [3.05, 3.63) is 12.2 Å². The van der Waals surface area contributed by atoms with Gasteiger partial charge in [0.15, 0.2) is 0 Å². The summed E-state index contributed by atoms with van der Waals surface area (Å²) in [5.74, 6) is -0.403. The average molecular weight is 201 g/mol. The van der Waals surface area contributed by atoms with E-state index < -0.39 is 14.3 Å². The minimum atomic E-state index is -1.59. The minimum Gasteiger partial charge on any atom is -0.466 e. The average Bonchev–Trinajstić information content (AvgIpc) is 2.01. The molecule has 0 heterocycles. The van der Waals surface area contributed by atoms with Gasteiger partial charge in [-0.15, -0.1) is 5.16 Å². The van der Waals surface area contributed by atoms with Crippen LogP contribution in [0.5, 0.6) is 0 Å². The normalized spacial score (nSPS) is 12.3. The largest absolute Gasteiger partial charge is 0.466 e. The van der Waals surface area contributed by atoms with E-state index in [9.17, 15) is 4.79 Å². The molecule has 0 saturated carbocycles. The van der Waals surface area contributed by atoms with Gasteiger partial charge in [0, 0.05) is 6.08 Å². The molecule has 0 aromatic carbocycles. The molecule has 5 heteroatoms. The predicted molar refractivity (Wildman–Crippen MR) is 54.1 cm³/mol. The standard InChI is InChI=1S/C8H15NO3Si/c1-11-8(10)6-5-7-9-12-13(2,3)4/h5-7H,1-4H3/b6-5+,9-7+. The lowest BCUT2D eigenvalue weighted by atomic mass is 10.5. The fourth-order valence-electron chi connectivity index (χ4n) is 0.413. The van der Waals surface area contributed by atoms with Crippen LogP contribution in [-0.2, 0) is 14.1 Å². The number of rotatable bonds is 4. The Hall–Kier alpha value is -1.10. The summed E-state index contributed by atoms with van der Waals surface area (Å²) in [6.07, 6.45) is 4.18. The molecule has 0 aromatic rings. The second kappa shape index (κ2) is 5.53. The first-order valence-electron chi connectivity index (χ1n) is 3.92. The lowest BCUT2D eigenvalue weighted by Gasteiger charge is -2.11. The van der Waals surface area contributed by atoms with Crippen LogP contribution in [0.15, 0.2) is 17.3 Å². The quantitative estimate of drug-likeness (QED) is 0.228. The van der Waals surface area contributed by atoms with Gasteiger partial charge in [0.1, 0.15) is 0 Å². The van der Waals surface area contributed by atoms with Crippen LogP contribution >= 0.6 is 0 Å². The van der Waals surface area contributed by atoms with Gasteiger partial charge in [0.25, 0.3) is 8.32 Å². The maximum atomic E-state index is 10.6. The molecule has 0 fully saturated rings. The number of carbonyl (C=O) groups excluding carboxylic acids is 1. The van der Waals surface area contributed by atoms with Crippen LogP contribution in [0.1, 0.15) is 0 Å². The molecular weight excluding hydrogens is 186 g/mol. The molecule has 0 atom stereocenters. The van der Waals surface area contributed by atoms with Gasteiger partial charge < -0.3 is 9.26 Å². The molecule has 0 aromatic heterocycles. The van der Waals surface area contributed by atoms with E-state index >= 15 is 0 Å². The van der Waals surface area contributed by atoms with Crippen LogP contribution in [0.3, 0.4) is 0 Å². The Morgan fingerprint density at radius 3 is 2.46 bits per heavy atom. The number of hydrogen-bond donors (Lipinski definition) is 0. The third-order valence-electron chi connectivity index (χ3n) is 0.907. The van der Waals surface area contributed by atoms with Crippen LogP contribution in [0.2, 0.25) is 19.6 Å². The second-order valence-electron chi connectivity index (χ2n) is 3.34. The molecule has 0 aliphatic heterocycles. The monoisotopic (exact) mass is 201 g/mol. The Morgan fingerprint density at radius 2 is 2.00 bits per heavy atom. The molecule has 74 valence electrons. The van der Waals surface area contributed by atoms with Crippen LogP contribution in [-0.4, -0.2) is 27.6 Å². The second-order valence-corrected chi connectivity index (χ2v) is 7.75. The van der Waals surface area contributed by atoms with Crippen molar-refractivity contribution < 1.29 is 14.1 Å². The van der Waals surface area contributed by atoms with Crippen LogP contribution in [0.25, 0.3) is 0 Å². The van der Waals surface area contributed by atoms with E-state index in [2.05, 4.69) is 9.89 Å². The van der Waals surface area contributed by atoms with Crippen molar-refractivity contribution in [2.45, 2.75) is 19.6 Å².